The zero-order valence-electron chi connectivity index (χ0n) is 18.4. The number of nitrogens with zero attached hydrogens (tertiary/aromatic N) is 3. The standard InChI is InChI=1S/C24H24ClN3O4/c1-5-32-17-7-6-15-10-19(24(25)26-20(15)11-17)22-13-21(27-28(22)14(2)29)18-9-8-16(30-3)12-23(18)31-4/h6-12,22H,5,13H2,1-4H3/t22-/m0/s1. The maximum Gasteiger partial charge on any atom is 0.240 e. The molecule has 0 N–H and O–H groups in total. The fraction of sp³-hybridized carbons (Fsp3) is 0.292. The van der Waals surface area contributed by atoms with Crippen molar-refractivity contribution in [3.8, 4) is 17.2 Å². The number of hydrogen-bond acceptors (Lipinski definition) is 6. The molecule has 32 heavy (non-hydrogen) atoms. The zero-order valence-corrected chi connectivity index (χ0v) is 19.1. The highest BCUT2D eigenvalue weighted by Gasteiger charge is 2.34. The lowest BCUT2D eigenvalue weighted by molar-refractivity contribution is -0.130. The molecule has 7 nitrogen and oxygen atoms in total. The van der Waals surface area contributed by atoms with Gasteiger partial charge in [-0.25, -0.2) is 9.99 Å². The highest BCUT2D eigenvalue weighted by molar-refractivity contribution is 6.30. The molecule has 4 rings (SSSR count). The molecular formula is C24H24ClN3O4. The lowest BCUT2D eigenvalue weighted by atomic mass is 9.97. The van der Waals surface area contributed by atoms with E-state index < -0.39 is 0 Å². The predicted octanol–water partition coefficient (Wildman–Crippen LogP) is 5.00. The van der Waals surface area contributed by atoms with Crippen molar-refractivity contribution in [3.05, 3.63) is 58.7 Å². The van der Waals surface area contributed by atoms with Crippen LogP contribution in [0.1, 0.15) is 37.4 Å². The first-order chi connectivity index (χ1) is 15.4. The van der Waals surface area contributed by atoms with Crippen LogP contribution in [0.25, 0.3) is 10.9 Å². The number of hydrogen-bond donors (Lipinski definition) is 0. The number of carbonyl (C=O) groups excluding carboxylic acids is 1. The fourth-order valence-corrected chi connectivity index (χ4v) is 4.14. The quantitative estimate of drug-likeness (QED) is 0.491. The van der Waals surface area contributed by atoms with Crippen LogP contribution < -0.4 is 14.2 Å². The second-order valence-corrected chi connectivity index (χ2v) is 7.71. The normalized spacial score (nSPS) is 15.6. The Balaban J connectivity index is 1.73. The van der Waals surface area contributed by atoms with Crippen molar-refractivity contribution >= 4 is 34.1 Å². The second-order valence-electron chi connectivity index (χ2n) is 7.35. The third-order valence-electron chi connectivity index (χ3n) is 5.39. The van der Waals surface area contributed by atoms with Gasteiger partial charge in [-0.3, -0.25) is 4.79 Å². The highest BCUT2D eigenvalue weighted by atomic mass is 35.5. The van der Waals surface area contributed by atoms with Gasteiger partial charge in [0.1, 0.15) is 22.4 Å². The number of methoxy groups -OCH3 is 2. The van der Waals surface area contributed by atoms with Crippen molar-refractivity contribution in [2.75, 3.05) is 20.8 Å². The average molecular weight is 454 g/mol. The molecule has 0 aliphatic carbocycles. The third-order valence-corrected chi connectivity index (χ3v) is 5.70. The summed E-state index contributed by atoms with van der Waals surface area (Å²) in [5.41, 5.74) is 3.00. The molecule has 0 spiro atoms. The van der Waals surface area contributed by atoms with Crippen molar-refractivity contribution in [2.24, 2.45) is 5.10 Å². The molecule has 1 aliphatic heterocycles. The van der Waals surface area contributed by atoms with Crippen molar-refractivity contribution in [1.82, 2.24) is 9.99 Å². The molecule has 8 heteroatoms. The van der Waals surface area contributed by atoms with Gasteiger partial charge in [0.15, 0.2) is 0 Å². The predicted molar refractivity (Wildman–Crippen MR) is 124 cm³/mol. The Morgan fingerprint density at radius 3 is 2.59 bits per heavy atom. The van der Waals surface area contributed by atoms with Crippen molar-refractivity contribution in [3.63, 3.8) is 0 Å². The number of halogens is 1. The Morgan fingerprint density at radius 1 is 1.12 bits per heavy atom. The number of rotatable bonds is 6. The van der Waals surface area contributed by atoms with E-state index in [2.05, 4.69) is 10.1 Å². The zero-order chi connectivity index (χ0) is 22.8. The van der Waals surface area contributed by atoms with Gasteiger partial charge in [-0.1, -0.05) is 11.6 Å². The van der Waals surface area contributed by atoms with Crippen LogP contribution in [0.2, 0.25) is 5.15 Å². The third kappa shape index (κ3) is 4.08. The van der Waals surface area contributed by atoms with E-state index in [1.807, 2.05) is 43.3 Å². The van der Waals surface area contributed by atoms with Gasteiger partial charge in [0.2, 0.25) is 5.91 Å². The molecule has 1 atom stereocenters. The Morgan fingerprint density at radius 2 is 1.91 bits per heavy atom. The topological polar surface area (TPSA) is 73.2 Å². The van der Waals surface area contributed by atoms with Gasteiger partial charge < -0.3 is 14.2 Å². The largest absolute Gasteiger partial charge is 0.497 e. The number of pyridine rings is 1. The van der Waals surface area contributed by atoms with E-state index in [9.17, 15) is 4.79 Å². The maximum atomic E-state index is 12.4. The molecule has 0 fully saturated rings. The van der Waals surface area contributed by atoms with Crippen LogP contribution >= 0.6 is 11.6 Å². The first-order valence-corrected chi connectivity index (χ1v) is 10.7. The van der Waals surface area contributed by atoms with Crippen LogP contribution in [0.5, 0.6) is 17.2 Å². The van der Waals surface area contributed by atoms with Crippen molar-refractivity contribution in [2.45, 2.75) is 26.3 Å². The lowest BCUT2D eigenvalue weighted by Crippen LogP contribution is -2.24. The summed E-state index contributed by atoms with van der Waals surface area (Å²) < 4.78 is 16.4. The van der Waals surface area contributed by atoms with Crippen LogP contribution in [0.3, 0.4) is 0 Å². The SMILES string of the molecule is CCOc1ccc2cc([C@@H]3CC(c4ccc(OC)cc4OC)=NN3C(C)=O)c(Cl)nc2c1. The van der Waals surface area contributed by atoms with Gasteiger partial charge in [-0.05, 0) is 37.3 Å². The first kappa shape index (κ1) is 21.9. The summed E-state index contributed by atoms with van der Waals surface area (Å²) in [6, 6.07) is 12.8. The summed E-state index contributed by atoms with van der Waals surface area (Å²) >= 11 is 6.59. The van der Waals surface area contributed by atoms with Gasteiger partial charge in [0.05, 0.1) is 38.1 Å². The van der Waals surface area contributed by atoms with Gasteiger partial charge in [-0.15, -0.1) is 0 Å². The van der Waals surface area contributed by atoms with E-state index in [1.165, 1.54) is 11.9 Å². The summed E-state index contributed by atoms with van der Waals surface area (Å²) in [6.45, 7) is 3.99. The van der Waals surface area contributed by atoms with E-state index in [4.69, 9.17) is 25.8 Å². The number of amides is 1. The van der Waals surface area contributed by atoms with Crippen LogP contribution in [-0.4, -0.2) is 42.4 Å². The molecular weight excluding hydrogens is 430 g/mol. The molecule has 0 saturated carbocycles. The summed E-state index contributed by atoms with van der Waals surface area (Å²) in [7, 11) is 3.19. The number of fused-ring (bicyclic) bond motifs is 1. The molecule has 1 aliphatic rings. The van der Waals surface area contributed by atoms with Crippen molar-refractivity contribution in [1.29, 1.82) is 0 Å². The molecule has 166 valence electrons. The van der Waals surface area contributed by atoms with Gasteiger partial charge >= 0.3 is 0 Å². The lowest BCUT2D eigenvalue weighted by Gasteiger charge is -2.21. The van der Waals surface area contributed by atoms with Gasteiger partial charge in [0, 0.05) is 42.0 Å². The molecule has 2 heterocycles. The number of ether oxygens (including phenoxy) is 3. The summed E-state index contributed by atoms with van der Waals surface area (Å²) in [6.07, 6.45) is 0.478. The monoisotopic (exact) mass is 453 g/mol. The minimum atomic E-state index is -0.370. The summed E-state index contributed by atoms with van der Waals surface area (Å²) in [5, 5.41) is 7.32. The summed E-state index contributed by atoms with van der Waals surface area (Å²) in [4.78, 5) is 17.0. The Kier molecular flexibility index (Phi) is 6.19. The smallest absolute Gasteiger partial charge is 0.240 e. The van der Waals surface area contributed by atoms with E-state index in [1.54, 1.807) is 20.3 Å². The second kappa shape index (κ2) is 9.04. The highest BCUT2D eigenvalue weighted by Crippen LogP contribution is 2.39. The average Bonchev–Trinajstić information content (AvgIpc) is 3.23. The molecule has 1 amide bonds. The van der Waals surface area contributed by atoms with E-state index in [0.29, 0.717) is 29.7 Å². The number of aromatic nitrogens is 1. The molecule has 0 saturated heterocycles. The summed E-state index contributed by atoms with van der Waals surface area (Å²) in [5.74, 6) is 1.86. The van der Waals surface area contributed by atoms with Gasteiger partial charge in [0.25, 0.3) is 0 Å². The van der Waals surface area contributed by atoms with E-state index in [-0.39, 0.29) is 11.9 Å². The molecule has 2 aromatic carbocycles. The fourth-order valence-electron chi connectivity index (χ4n) is 3.87. The molecule has 3 aromatic rings. The van der Waals surface area contributed by atoms with Crippen LogP contribution in [0.15, 0.2) is 47.6 Å². The molecule has 1 aromatic heterocycles. The minimum Gasteiger partial charge on any atom is -0.497 e. The maximum absolute atomic E-state index is 12.4. The van der Waals surface area contributed by atoms with Crippen LogP contribution in [-0.2, 0) is 4.79 Å². The number of carbonyl (C=O) groups is 1. The van der Waals surface area contributed by atoms with E-state index >= 15 is 0 Å². The number of benzene rings is 2. The van der Waals surface area contributed by atoms with E-state index in [0.717, 1.165) is 33.5 Å². The first-order valence-electron chi connectivity index (χ1n) is 10.3. The Labute approximate surface area is 191 Å². The molecule has 0 bridgehead atoms. The van der Waals surface area contributed by atoms with Gasteiger partial charge in [-0.2, -0.15) is 5.10 Å². The Hall–Kier alpha value is -3.32. The minimum absolute atomic E-state index is 0.180. The number of hydrazone groups is 1. The molecule has 0 radical (unpaired) electrons. The van der Waals surface area contributed by atoms with Crippen LogP contribution in [0, 0.1) is 0 Å². The van der Waals surface area contributed by atoms with Crippen LogP contribution in [0.4, 0.5) is 0 Å². The van der Waals surface area contributed by atoms with Crippen molar-refractivity contribution < 1.29 is 19.0 Å². The molecule has 0 unspecified atom stereocenters. The Bertz CT molecular complexity index is 1210.